The molecule has 0 fully saturated rings. The van der Waals surface area contributed by atoms with Gasteiger partial charge in [-0.3, -0.25) is 0 Å². The predicted molar refractivity (Wildman–Crippen MR) is 115 cm³/mol. The monoisotopic (exact) mass is 370 g/mol. The minimum atomic E-state index is -0.690. The molecule has 0 saturated heterocycles. The lowest BCUT2D eigenvalue weighted by Crippen LogP contribution is -2.35. The van der Waals surface area contributed by atoms with Gasteiger partial charge in [-0.15, -0.1) is 0 Å². The van der Waals surface area contributed by atoms with E-state index in [0.29, 0.717) is 5.69 Å². The third-order valence-electron chi connectivity index (χ3n) is 5.63. The number of hydrogen-bond donors (Lipinski definition) is 0. The number of pyridine rings is 1. The molecule has 3 heteroatoms. The number of furan rings is 1. The van der Waals surface area contributed by atoms with Crippen LogP contribution in [0.25, 0.3) is 38.0 Å². The number of benzene rings is 2. The van der Waals surface area contributed by atoms with Crippen LogP contribution in [0.15, 0.2) is 40.8 Å². The van der Waals surface area contributed by atoms with Gasteiger partial charge in [-0.1, -0.05) is 26.0 Å². The van der Waals surface area contributed by atoms with Gasteiger partial charge in [0.2, 0.25) is 5.69 Å². The molecule has 2 aromatic heterocycles. The van der Waals surface area contributed by atoms with Gasteiger partial charge in [0.05, 0.1) is 12.1 Å². The molecule has 0 amide bonds. The first-order valence-corrected chi connectivity index (χ1v) is 9.47. The van der Waals surface area contributed by atoms with E-state index in [4.69, 9.17) is 12.4 Å². The number of nitrogens with zero attached hydrogens (tertiary/aromatic N) is 2. The van der Waals surface area contributed by atoms with Crippen LogP contribution < -0.4 is 4.57 Å². The molecule has 0 spiro atoms. The SMILES string of the molecule is [2H]C(C)(C)c1cc(C)[n+](C)c(-c2c(C)ccc3c2oc2c(C)cc([N+]#[C-])cc23)c1. The summed E-state index contributed by atoms with van der Waals surface area (Å²) in [4.78, 5) is 3.61. The minimum Gasteiger partial charge on any atom is -0.455 e. The first-order chi connectivity index (χ1) is 13.6. The number of aryl methyl sites for hydroxylation is 3. The maximum Gasteiger partial charge on any atom is 0.216 e. The molecular formula is C25H25N2O+. The Morgan fingerprint density at radius 1 is 1.00 bits per heavy atom. The molecule has 0 N–H and O–H groups in total. The molecule has 0 unspecified atom stereocenters. The Kier molecular flexibility index (Phi) is 3.94. The highest BCUT2D eigenvalue weighted by molar-refractivity contribution is 6.11. The average Bonchev–Trinajstić information content (AvgIpc) is 3.02. The zero-order valence-electron chi connectivity index (χ0n) is 18.3. The molecule has 0 aliphatic rings. The van der Waals surface area contributed by atoms with E-state index in [0.717, 1.165) is 55.6 Å². The molecule has 0 aliphatic carbocycles. The van der Waals surface area contributed by atoms with Gasteiger partial charge in [-0.05, 0) is 48.6 Å². The summed E-state index contributed by atoms with van der Waals surface area (Å²) < 4.78 is 17.1. The van der Waals surface area contributed by atoms with Gasteiger partial charge in [0.25, 0.3) is 0 Å². The first-order valence-electron chi connectivity index (χ1n) is 9.97. The second-order valence-electron chi connectivity index (χ2n) is 7.82. The lowest BCUT2D eigenvalue weighted by molar-refractivity contribution is -0.666. The van der Waals surface area contributed by atoms with Crippen LogP contribution in [0.1, 0.15) is 43.5 Å². The van der Waals surface area contributed by atoms with Crippen LogP contribution in [0.5, 0.6) is 0 Å². The maximum absolute atomic E-state index is 8.52. The van der Waals surface area contributed by atoms with Crippen molar-refractivity contribution in [2.45, 2.75) is 40.5 Å². The van der Waals surface area contributed by atoms with E-state index >= 15 is 0 Å². The summed E-state index contributed by atoms with van der Waals surface area (Å²) in [6, 6.07) is 12.2. The van der Waals surface area contributed by atoms with Crippen molar-refractivity contribution in [3.63, 3.8) is 0 Å². The fourth-order valence-electron chi connectivity index (χ4n) is 3.90. The highest BCUT2D eigenvalue weighted by Crippen LogP contribution is 2.40. The predicted octanol–water partition coefficient (Wildman–Crippen LogP) is 6.68. The fraction of sp³-hybridized carbons (Fsp3) is 0.280. The lowest BCUT2D eigenvalue weighted by Gasteiger charge is -2.11. The molecule has 2 aromatic carbocycles. The fourth-order valence-corrected chi connectivity index (χ4v) is 3.90. The molecule has 0 radical (unpaired) electrons. The van der Waals surface area contributed by atoms with E-state index in [9.17, 15) is 0 Å². The molecule has 28 heavy (non-hydrogen) atoms. The summed E-state index contributed by atoms with van der Waals surface area (Å²) in [5, 5.41) is 1.99. The Morgan fingerprint density at radius 2 is 1.75 bits per heavy atom. The third-order valence-corrected chi connectivity index (χ3v) is 5.63. The average molecular weight is 370 g/mol. The summed E-state index contributed by atoms with van der Waals surface area (Å²) in [6.45, 7) is 17.4. The van der Waals surface area contributed by atoms with Crippen LogP contribution in [-0.2, 0) is 7.05 Å². The van der Waals surface area contributed by atoms with Crippen molar-refractivity contribution >= 4 is 27.6 Å². The van der Waals surface area contributed by atoms with Gasteiger partial charge in [-0.25, -0.2) is 4.85 Å². The molecule has 0 aliphatic heterocycles. The second kappa shape index (κ2) is 6.49. The second-order valence-corrected chi connectivity index (χ2v) is 7.82. The summed E-state index contributed by atoms with van der Waals surface area (Å²) in [5.41, 5.74) is 8.52. The van der Waals surface area contributed by atoms with E-state index in [1.54, 1.807) is 0 Å². The van der Waals surface area contributed by atoms with Gasteiger partial charge in [-0.2, -0.15) is 4.57 Å². The molecule has 140 valence electrons. The summed E-state index contributed by atoms with van der Waals surface area (Å²) in [6.07, 6.45) is 0. The third kappa shape index (κ3) is 2.68. The van der Waals surface area contributed by atoms with Crippen LogP contribution in [0.4, 0.5) is 5.69 Å². The molecule has 0 bridgehead atoms. The van der Waals surface area contributed by atoms with Crippen molar-refractivity contribution < 1.29 is 10.4 Å². The topological polar surface area (TPSA) is 21.4 Å². The summed E-state index contributed by atoms with van der Waals surface area (Å²) in [5.74, 6) is -0.690. The number of hydrogen-bond acceptors (Lipinski definition) is 1. The van der Waals surface area contributed by atoms with Crippen LogP contribution in [0, 0.1) is 27.3 Å². The Labute approximate surface area is 167 Å². The van der Waals surface area contributed by atoms with Gasteiger partial charge in [0.1, 0.15) is 18.2 Å². The first kappa shape index (κ1) is 17.0. The molecule has 2 heterocycles. The molecule has 3 nitrogen and oxygen atoms in total. The van der Waals surface area contributed by atoms with Crippen molar-refractivity contribution in [1.82, 2.24) is 0 Å². The van der Waals surface area contributed by atoms with Gasteiger partial charge in [0.15, 0.2) is 11.4 Å². The van der Waals surface area contributed by atoms with E-state index in [-0.39, 0.29) is 0 Å². The lowest BCUT2D eigenvalue weighted by atomic mass is 9.96. The number of rotatable bonds is 2. The van der Waals surface area contributed by atoms with Crippen LogP contribution in [0.2, 0.25) is 0 Å². The molecule has 0 atom stereocenters. The number of aromatic nitrogens is 1. The van der Waals surface area contributed by atoms with E-state index in [1.165, 1.54) is 0 Å². The van der Waals surface area contributed by atoms with Crippen molar-refractivity contribution in [3.05, 3.63) is 70.2 Å². The van der Waals surface area contributed by atoms with Gasteiger partial charge in [0, 0.05) is 31.2 Å². The Morgan fingerprint density at radius 3 is 2.43 bits per heavy atom. The van der Waals surface area contributed by atoms with E-state index in [2.05, 4.69) is 54.6 Å². The quantitative estimate of drug-likeness (QED) is 0.285. The Balaban J connectivity index is 2.14. The summed E-state index contributed by atoms with van der Waals surface area (Å²) >= 11 is 0. The molecule has 4 rings (SSSR count). The Hall–Kier alpha value is -3.12. The van der Waals surface area contributed by atoms with Crippen molar-refractivity contribution in [2.24, 2.45) is 7.05 Å². The van der Waals surface area contributed by atoms with Crippen LogP contribution in [0.3, 0.4) is 0 Å². The number of fused-ring (bicyclic) bond motifs is 3. The standard InChI is InChI=1S/C25H25N2O/c1-14(2)18-11-17(5)27(7)22(12-18)23-15(3)8-9-20-21-13-19(26-6)10-16(4)24(21)28-25(20)23/h8-14H,1-5,7H3/q+1/i14D. The largest absolute Gasteiger partial charge is 0.455 e. The maximum atomic E-state index is 8.52. The van der Waals surface area contributed by atoms with Crippen molar-refractivity contribution in [2.75, 3.05) is 0 Å². The van der Waals surface area contributed by atoms with E-state index < -0.39 is 5.89 Å². The smallest absolute Gasteiger partial charge is 0.216 e. The zero-order chi connectivity index (χ0) is 21.1. The van der Waals surface area contributed by atoms with Gasteiger partial charge < -0.3 is 4.42 Å². The highest BCUT2D eigenvalue weighted by Gasteiger charge is 2.23. The minimum absolute atomic E-state index is 0.624. The highest BCUT2D eigenvalue weighted by atomic mass is 16.3. The van der Waals surface area contributed by atoms with Crippen LogP contribution >= 0.6 is 0 Å². The summed E-state index contributed by atoms with van der Waals surface area (Å²) in [7, 11) is 2.05. The van der Waals surface area contributed by atoms with Crippen molar-refractivity contribution in [3.8, 4) is 11.3 Å². The molecular weight excluding hydrogens is 344 g/mol. The molecule has 4 aromatic rings. The molecule has 0 saturated carbocycles. The normalized spacial score (nSPS) is 12.4. The van der Waals surface area contributed by atoms with E-state index in [1.807, 2.05) is 32.9 Å². The Bertz CT molecular complexity index is 1330. The van der Waals surface area contributed by atoms with Crippen LogP contribution in [-0.4, -0.2) is 0 Å². The van der Waals surface area contributed by atoms with Gasteiger partial charge >= 0.3 is 0 Å². The zero-order valence-corrected chi connectivity index (χ0v) is 17.3. The van der Waals surface area contributed by atoms with Crippen molar-refractivity contribution in [1.29, 1.82) is 0 Å².